The maximum atomic E-state index is 12.2. The van der Waals surface area contributed by atoms with Crippen LogP contribution >= 0.6 is 11.6 Å². The van der Waals surface area contributed by atoms with Gasteiger partial charge in [0.1, 0.15) is 0 Å². The summed E-state index contributed by atoms with van der Waals surface area (Å²) < 4.78 is 0. The molecule has 6 heteroatoms. The molecule has 2 aromatic carbocycles. The number of alkyl halides is 1. The van der Waals surface area contributed by atoms with Gasteiger partial charge in [-0.2, -0.15) is 0 Å². The van der Waals surface area contributed by atoms with Crippen molar-refractivity contribution in [2.45, 2.75) is 5.66 Å². The van der Waals surface area contributed by atoms with E-state index in [1.807, 2.05) is 0 Å². The van der Waals surface area contributed by atoms with E-state index in [1.165, 1.54) is 0 Å². The summed E-state index contributed by atoms with van der Waals surface area (Å²) in [7, 11) is 0. The summed E-state index contributed by atoms with van der Waals surface area (Å²) in [6, 6.07) is 17.0. The lowest BCUT2D eigenvalue weighted by atomic mass is 10.1. The Morgan fingerprint density at radius 3 is 2.05 bits per heavy atom. The first-order chi connectivity index (χ1) is 10.6. The Bertz CT molecular complexity index is 649. The summed E-state index contributed by atoms with van der Waals surface area (Å²) >= 11 is 5.84. The quantitative estimate of drug-likeness (QED) is 0.565. The second-order valence-corrected chi connectivity index (χ2v) is 4.92. The Morgan fingerprint density at radius 2 is 1.55 bits per heavy atom. The van der Waals surface area contributed by atoms with Gasteiger partial charge in [0.2, 0.25) is 5.66 Å². The first-order valence-corrected chi connectivity index (χ1v) is 7.11. The van der Waals surface area contributed by atoms with Crippen molar-refractivity contribution in [2.24, 2.45) is 0 Å². The van der Waals surface area contributed by atoms with Crippen molar-refractivity contribution in [1.29, 1.82) is 0 Å². The third kappa shape index (κ3) is 3.56. The van der Waals surface area contributed by atoms with Crippen molar-refractivity contribution in [2.75, 3.05) is 11.2 Å². The van der Waals surface area contributed by atoms with E-state index in [-0.39, 0.29) is 5.88 Å². The molecule has 0 spiro atoms. The maximum Gasteiger partial charge on any atom is 0.351 e. The van der Waals surface area contributed by atoms with Crippen LogP contribution in [-0.2, 0) is 4.79 Å². The molecule has 0 unspecified atom stereocenters. The van der Waals surface area contributed by atoms with Crippen LogP contribution in [0.5, 0.6) is 0 Å². The summed E-state index contributed by atoms with van der Waals surface area (Å²) in [5.74, 6) is -2.13. The number of carbonyl (C=O) groups is 2. The molecule has 0 aliphatic rings. The number of carbonyl (C=O) groups excluding carboxylic acids is 1. The Kier molecular flexibility index (Phi) is 5.01. The number of hydrogen-bond acceptors (Lipinski definition) is 3. The normalized spacial score (nSPS) is 13.0. The zero-order valence-electron chi connectivity index (χ0n) is 11.6. The molecular weight excluding hydrogens is 304 g/mol. The van der Waals surface area contributed by atoms with E-state index in [0.29, 0.717) is 11.3 Å². The highest BCUT2D eigenvalue weighted by Gasteiger charge is 2.39. The fraction of sp³-hybridized carbons (Fsp3) is 0.125. The fourth-order valence-corrected chi connectivity index (χ4v) is 2.13. The Labute approximate surface area is 132 Å². The van der Waals surface area contributed by atoms with Gasteiger partial charge in [-0.3, -0.25) is 4.79 Å². The largest absolute Gasteiger partial charge is 0.478 e. The minimum absolute atomic E-state index is 0.337. The van der Waals surface area contributed by atoms with Crippen LogP contribution < -0.4 is 10.6 Å². The second kappa shape index (κ2) is 6.95. The van der Waals surface area contributed by atoms with Crippen LogP contribution in [0.1, 0.15) is 10.4 Å². The summed E-state index contributed by atoms with van der Waals surface area (Å²) in [4.78, 5) is 23.9. The van der Waals surface area contributed by atoms with Crippen LogP contribution in [0.4, 0.5) is 5.69 Å². The fourth-order valence-electron chi connectivity index (χ4n) is 1.89. The Hall–Kier alpha value is -2.53. The van der Waals surface area contributed by atoms with Crippen molar-refractivity contribution < 1.29 is 14.7 Å². The van der Waals surface area contributed by atoms with Gasteiger partial charge in [0.05, 0.1) is 5.88 Å². The number of carboxylic acid groups (broad SMARTS) is 1. The number of hydrogen-bond donors (Lipinski definition) is 3. The van der Waals surface area contributed by atoms with E-state index in [4.69, 9.17) is 11.6 Å². The molecule has 114 valence electrons. The number of amides is 1. The number of aliphatic carboxylic acids is 1. The van der Waals surface area contributed by atoms with E-state index in [9.17, 15) is 14.7 Å². The smallest absolute Gasteiger partial charge is 0.351 e. The lowest BCUT2D eigenvalue weighted by molar-refractivity contribution is -0.142. The van der Waals surface area contributed by atoms with Crippen LogP contribution in [0.25, 0.3) is 0 Å². The van der Waals surface area contributed by atoms with Gasteiger partial charge in [-0.15, -0.1) is 11.6 Å². The van der Waals surface area contributed by atoms with Gasteiger partial charge in [-0.1, -0.05) is 36.4 Å². The van der Waals surface area contributed by atoms with Gasteiger partial charge < -0.3 is 15.7 Å². The van der Waals surface area contributed by atoms with E-state index in [0.717, 1.165) is 0 Å². The molecule has 0 fully saturated rings. The zero-order chi connectivity index (χ0) is 16.0. The topological polar surface area (TPSA) is 78.4 Å². The molecule has 0 bridgehead atoms. The van der Waals surface area contributed by atoms with E-state index in [1.54, 1.807) is 60.7 Å². The number of carboxylic acids is 1. The van der Waals surface area contributed by atoms with Crippen LogP contribution in [-0.4, -0.2) is 28.5 Å². The molecular formula is C16H15ClN2O3. The van der Waals surface area contributed by atoms with Gasteiger partial charge in [0, 0.05) is 11.3 Å². The van der Waals surface area contributed by atoms with Crippen LogP contribution in [0.15, 0.2) is 60.7 Å². The van der Waals surface area contributed by atoms with Crippen molar-refractivity contribution in [3.63, 3.8) is 0 Å². The lowest BCUT2D eigenvalue weighted by Crippen LogP contribution is -2.61. The molecule has 22 heavy (non-hydrogen) atoms. The Balaban J connectivity index is 2.26. The predicted molar refractivity (Wildman–Crippen MR) is 85.1 cm³/mol. The van der Waals surface area contributed by atoms with Gasteiger partial charge >= 0.3 is 5.97 Å². The second-order valence-electron chi connectivity index (χ2n) is 4.66. The highest BCUT2D eigenvalue weighted by Crippen LogP contribution is 2.16. The minimum Gasteiger partial charge on any atom is -0.478 e. The van der Waals surface area contributed by atoms with Crippen LogP contribution in [0.2, 0.25) is 0 Å². The first kappa shape index (κ1) is 15.9. The number of rotatable bonds is 6. The number of benzene rings is 2. The molecule has 0 aliphatic carbocycles. The van der Waals surface area contributed by atoms with Gasteiger partial charge in [0.25, 0.3) is 5.91 Å². The highest BCUT2D eigenvalue weighted by molar-refractivity contribution is 6.21. The molecule has 5 nitrogen and oxygen atoms in total. The van der Waals surface area contributed by atoms with Crippen LogP contribution in [0, 0.1) is 0 Å². The van der Waals surface area contributed by atoms with Crippen molar-refractivity contribution in [1.82, 2.24) is 5.32 Å². The first-order valence-electron chi connectivity index (χ1n) is 6.57. The molecule has 0 aromatic heterocycles. The van der Waals surface area contributed by atoms with Gasteiger partial charge in [-0.25, -0.2) is 4.79 Å². The molecule has 2 aromatic rings. The number of para-hydroxylation sites is 1. The molecule has 1 amide bonds. The average Bonchev–Trinajstić information content (AvgIpc) is 2.55. The summed E-state index contributed by atoms with van der Waals surface area (Å²) in [6.07, 6.45) is 0. The standard InChI is InChI=1S/C16H15ClN2O3/c17-11-16(15(21)22,18-13-9-5-2-6-10-13)19-14(20)12-7-3-1-4-8-12/h1-10,18H,11H2,(H,19,20)(H,21,22)/t16-/m0/s1. The monoisotopic (exact) mass is 318 g/mol. The van der Waals surface area contributed by atoms with E-state index < -0.39 is 17.5 Å². The van der Waals surface area contributed by atoms with Crippen LogP contribution in [0.3, 0.4) is 0 Å². The molecule has 0 saturated carbocycles. The SMILES string of the molecule is O=C(N[C@](CCl)(Nc1ccccc1)C(=O)O)c1ccccc1. The van der Waals surface area contributed by atoms with Gasteiger partial charge in [-0.05, 0) is 24.3 Å². The number of nitrogens with one attached hydrogen (secondary N) is 2. The predicted octanol–water partition coefficient (Wildman–Crippen LogP) is 2.55. The summed E-state index contributed by atoms with van der Waals surface area (Å²) in [6.45, 7) is 0. The third-order valence-corrected chi connectivity index (χ3v) is 3.46. The molecule has 2 rings (SSSR count). The van der Waals surface area contributed by atoms with Gasteiger partial charge in [0.15, 0.2) is 0 Å². The Morgan fingerprint density at radius 1 is 1.00 bits per heavy atom. The highest BCUT2D eigenvalue weighted by atomic mass is 35.5. The maximum absolute atomic E-state index is 12.2. The molecule has 0 saturated heterocycles. The molecule has 0 aliphatic heterocycles. The summed E-state index contributed by atoms with van der Waals surface area (Å²) in [5, 5.41) is 14.8. The lowest BCUT2D eigenvalue weighted by Gasteiger charge is -2.30. The van der Waals surface area contributed by atoms with E-state index >= 15 is 0 Å². The minimum atomic E-state index is -1.80. The zero-order valence-corrected chi connectivity index (χ0v) is 12.4. The van der Waals surface area contributed by atoms with Crippen molar-refractivity contribution in [3.05, 3.63) is 66.2 Å². The van der Waals surface area contributed by atoms with Crippen molar-refractivity contribution >= 4 is 29.2 Å². The third-order valence-electron chi connectivity index (χ3n) is 3.06. The molecule has 0 heterocycles. The van der Waals surface area contributed by atoms with E-state index in [2.05, 4.69) is 10.6 Å². The average molecular weight is 319 g/mol. The molecule has 3 N–H and O–H groups in total. The van der Waals surface area contributed by atoms with Crippen molar-refractivity contribution in [3.8, 4) is 0 Å². The molecule has 1 atom stereocenters. The summed E-state index contributed by atoms with van der Waals surface area (Å²) in [5.41, 5.74) is -0.900. The number of anilines is 1. The molecule has 0 radical (unpaired) electrons. The number of halogens is 1.